The van der Waals surface area contributed by atoms with E-state index in [4.69, 9.17) is 16.9 Å². The number of aliphatic hydroxyl groups excluding tert-OH is 1. The average Bonchev–Trinajstić information content (AvgIpc) is 3.40. The normalized spacial score (nSPS) is 26.2. The van der Waals surface area contributed by atoms with Gasteiger partial charge < -0.3 is 20.6 Å². The molecule has 1 aromatic heterocycles. The molecule has 4 rings (SSSR count). The number of nitriles is 1. The largest absolute Gasteiger partial charge is 0.508 e. The van der Waals surface area contributed by atoms with Gasteiger partial charge in [0.2, 0.25) is 11.8 Å². The lowest BCUT2D eigenvalue weighted by Crippen LogP contribution is -2.43. The number of allylic oxidation sites excluding steroid dienone is 6. The number of carbonyl (C=O) groups is 2. The van der Waals surface area contributed by atoms with Crippen molar-refractivity contribution in [1.82, 2.24) is 20.8 Å². The molecule has 2 amide bonds. The van der Waals surface area contributed by atoms with Crippen molar-refractivity contribution in [2.24, 2.45) is 29.6 Å². The van der Waals surface area contributed by atoms with Gasteiger partial charge in [-0.3, -0.25) is 9.59 Å². The highest BCUT2D eigenvalue weighted by molar-refractivity contribution is 6.31. The predicted octanol–water partition coefficient (Wildman–Crippen LogP) is 4.10. The molecule has 3 aliphatic rings. The third-order valence-electron chi connectivity index (χ3n) is 7.92. The van der Waals surface area contributed by atoms with E-state index >= 15 is 4.39 Å². The van der Waals surface area contributed by atoms with E-state index in [1.54, 1.807) is 18.2 Å². The summed E-state index contributed by atoms with van der Waals surface area (Å²) in [5.74, 6) is -1.35. The molecule has 1 saturated heterocycles. The van der Waals surface area contributed by atoms with Crippen LogP contribution >= 0.6 is 11.6 Å². The van der Waals surface area contributed by atoms with Gasteiger partial charge in [0.1, 0.15) is 18.0 Å². The Morgan fingerprint density at radius 3 is 2.68 bits per heavy atom. The van der Waals surface area contributed by atoms with E-state index in [9.17, 15) is 14.7 Å². The maximum Gasteiger partial charge on any atom is 0.225 e. The Morgan fingerprint density at radius 2 is 2.05 bits per heavy atom. The second kappa shape index (κ2) is 13.8. The van der Waals surface area contributed by atoms with Gasteiger partial charge >= 0.3 is 0 Å². The van der Waals surface area contributed by atoms with Crippen LogP contribution in [0.1, 0.15) is 38.8 Å². The Morgan fingerprint density at radius 1 is 1.24 bits per heavy atom. The van der Waals surface area contributed by atoms with Crippen LogP contribution in [0.4, 0.5) is 10.2 Å². The lowest BCUT2D eigenvalue weighted by atomic mass is 9.79. The molecule has 0 saturated carbocycles. The lowest BCUT2D eigenvalue weighted by Gasteiger charge is -2.29. The van der Waals surface area contributed by atoms with E-state index in [-0.39, 0.29) is 47.1 Å². The zero-order valence-electron chi connectivity index (χ0n) is 23.2. The van der Waals surface area contributed by atoms with E-state index in [0.717, 1.165) is 12.5 Å². The summed E-state index contributed by atoms with van der Waals surface area (Å²) in [6.45, 7) is 4.80. The van der Waals surface area contributed by atoms with Crippen LogP contribution in [0, 0.1) is 40.9 Å². The first-order chi connectivity index (χ1) is 19.7. The van der Waals surface area contributed by atoms with Crippen molar-refractivity contribution >= 4 is 29.2 Å². The first-order valence-corrected chi connectivity index (χ1v) is 14.4. The van der Waals surface area contributed by atoms with Gasteiger partial charge in [-0.1, -0.05) is 43.7 Å². The molecule has 0 aromatic carbocycles. The van der Waals surface area contributed by atoms with Crippen molar-refractivity contribution in [2.45, 2.75) is 45.3 Å². The maximum atomic E-state index is 15.0. The van der Waals surface area contributed by atoms with E-state index in [2.05, 4.69) is 20.8 Å². The topological polar surface area (TPSA) is 131 Å². The summed E-state index contributed by atoms with van der Waals surface area (Å²) in [5.41, 5.74) is 0.184. The van der Waals surface area contributed by atoms with Crippen LogP contribution in [-0.2, 0) is 9.59 Å². The number of aliphatic hydroxyl groups is 1. The van der Waals surface area contributed by atoms with Crippen molar-refractivity contribution in [3.05, 3.63) is 65.1 Å². The quantitative estimate of drug-likeness (QED) is 0.354. The van der Waals surface area contributed by atoms with Gasteiger partial charge in [-0.15, -0.1) is 10.2 Å². The molecule has 4 unspecified atom stereocenters. The first kappa shape index (κ1) is 30.3. The molecule has 9 nitrogen and oxygen atoms in total. The van der Waals surface area contributed by atoms with Crippen LogP contribution in [0.25, 0.3) is 0 Å². The highest BCUT2D eigenvalue weighted by Crippen LogP contribution is 2.37. The second-order valence-electron chi connectivity index (χ2n) is 11.1. The number of alkyl halides is 1. The van der Waals surface area contributed by atoms with Crippen LogP contribution in [0.3, 0.4) is 0 Å². The molecular weight excluding hydrogens is 547 g/mol. The van der Waals surface area contributed by atoms with Crippen LogP contribution in [0.15, 0.2) is 59.4 Å². The summed E-state index contributed by atoms with van der Waals surface area (Å²) in [6.07, 6.45) is 10.7. The van der Waals surface area contributed by atoms with Gasteiger partial charge in [0.05, 0.1) is 5.92 Å². The second-order valence-corrected chi connectivity index (χ2v) is 11.5. The van der Waals surface area contributed by atoms with Gasteiger partial charge in [-0.2, -0.15) is 5.26 Å². The Balaban J connectivity index is 1.40. The number of hydrogen-bond acceptors (Lipinski definition) is 7. The summed E-state index contributed by atoms with van der Waals surface area (Å²) >= 11 is 6.09. The molecule has 1 aliphatic heterocycles. The minimum Gasteiger partial charge on any atom is -0.508 e. The molecule has 2 heterocycles. The number of aromatic nitrogens is 2. The minimum absolute atomic E-state index is 0.0192. The maximum absolute atomic E-state index is 15.0. The number of nitrogens with zero attached hydrogens (tertiary/aromatic N) is 4. The van der Waals surface area contributed by atoms with Crippen molar-refractivity contribution in [3.8, 4) is 6.07 Å². The van der Waals surface area contributed by atoms with Crippen LogP contribution < -0.4 is 15.5 Å². The molecule has 0 bridgehead atoms. The number of amides is 2. The standard InChI is InChI=1S/C30H36ClFN6O3/c1-18(2)29(40)35-27(19-5-7-20(31)8-6-19)4-3-13-34-30(41)25-17-38(28-12-9-21(15-33)36-37-28)16-24(25)23-11-10-22(39)14-26(23)32/h5,7-12,14,18-19,23-27,39H,3-4,6,13,16-17H2,1-2H3,(H,34,41)(H,35,40)/t19?,23?,24-,25?,26?,27-/m0/s1. The molecule has 41 heavy (non-hydrogen) atoms. The number of nitrogens with one attached hydrogen (secondary N) is 2. The lowest BCUT2D eigenvalue weighted by molar-refractivity contribution is -0.126. The molecule has 11 heteroatoms. The molecule has 1 fully saturated rings. The van der Waals surface area contributed by atoms with Crippen molar-refractivity contribution < 1.29 is 19.1 Å². The van der Waals surface area contributed by atoms with Crippen molar-refractivity contribution in [1.29, 1.82) is 5.26 Å². The average molecular weight is 583 g/mol. The highest BCUT2D eigenvalue weighted by atomic mass is 35.5. The summed E-state index contributed by atoms with van der Waals surface area (Å²) in [4.78, 5) is 27.8. The molecule has 2 aliphatic carbocycles. The van der Waals surface area contributed by atoms with Gasteiger partial charge in [0.25, 0.3) is 0 Å². The minimum atomic E-state index is -1.43. The number of halogens is 2. The molecule has 6 atom stereocenters. The van der Waals surface area contributed by atoms with Gasteiger partial charge in [0, 0.05) is 48.5 Å². The van der Waals surface area contributed by atoms with Gasteiger partial charge in [0.15, 0.2) is 11.5 Å². The summed E-state index contributed by atoms with van der Waals surface area (Å²) < 4.78 is 15.0. The van der Waals surface area contributed by atoms with Crippen molar-refractivity contribution in [3.63, 3.8) is 0 Å². The highest BCUT2D eigenvalue weighted by Gasteiger charge is 2.44. The van der Waals surface area contributed by atoms with Crippen LogP contribution in [-0.4, -0.2) is 59.0 Å². The summed E-state index contributed by atoms with van der Waals surface area (Å²) in [6, 6.07) is 5.07. The van der Waals surface area contributed by atoms with Crippen LogP contribution in [0.2, 0.25) is 0 Å². The number of rotatable bonds is 10. The van der Waals surface area contributed by atoms with Crippen molar-refractivity contribution in [2.75, 3.05) is 24.5 Å². The third-order valence-corrected chi connectivity index (χ3v) is 8.20. The number of hydrogen-bond donors (Lipinski definition) is 3. The molecule has 218 valence electrons. The summed E-state index contributed by atoms with van der Waals surface area (Å²) in [5, 5.41) is 33.6. The Labute approximate surface area is 244 Å². The zero-order valence-corrected chi connectivity index (χ0v) is 24.0. The molecule has 0 radical (unpaired) electrons. The van der Waals surface area contributed by atoms with Gasteiger partial charge in [-0.25, -0.2) is 4.39 Å². The monoisotopic (exact) mass is 582 g/mol. The fourth-order valence-electron chi connectivity index (χ4n) is 5.58. The molecule has 0 spiro atoms. The molecular formula is C30H36ClFN6O3. The Bertz CT molecular complexity index is 1270. The van der Waals surface area contributed by atoms with E-state index in [0.29, 0.717) is 43.3 Å². The Kier molecular flexibility index (Phi) is 10.2. The van der Waals surface area contributed by atoms with Gasteiger partial charge in [-0.05, 0) is 55.5 Å². The molecule has 3 N–H and O–H groups in total. The number of carbonyl (C=O) groups excluding carboxylic acids is 2. The first-order valence-electron chi connectivity index (χ1n) is 14.0. The number of anilines is 1. The SMILES string of the molecule is CC(C)C(=O)N[C@@H](CCCNC(=O)C1CN(c2ccc(C#N)nn2)C[C@H]1C1C=CC(O)=CC1F)C1C=CC(Cl)=CC1. The Hall–Kier alpha value is -3.71. The van der Waals surface area contributed by atoms with E-state index < -0.39 is 18.0 Å². The fraction of sp³-hybridized carbons (Fsp3) is 0.500. The van der Waals surface area contributed by atoms with E-state index in [1.807, 2.05) is 43.0 Å². The molecule has 1 aromatic rings. The summed E-state index contributed by atoms with van der Waals surface area (Å²) in [7, 11) is 0. The predicted molar refractivity (Wildman–Crippen MR) is 154 cm³/mol. The fourth-order valence-corrected chi connectivity index (χ4v) is 5.74. The zero-order chi connectivity index (χ0) is 29.5. The van der Waals surface area contributed by atoms with Crippen LogP contribution in [0.5, 0.6) is 0 Å². The van der Waals surface area contributed by atoms with E-state index in [1.165, 1.54) is 6.08 Å². The smallest absolute Gasteiger partial charge is 0.225 e. The third kappa shape index (κ3) is 7.73.